The molecule has 2 N–H and O–H groups in total. The first-order chi connectivity index (χ1) is 5.99. The highest BCUT2D eigenvalue weighted by atomic mass is 16.7. The van der Waals surface area contributed by atoms with Crippen LogP contribution in [0.1, 0.15) is 34.1 Å². The van der Waals surface area contributed by atoms with Crippen LogP contribution in [0.15, 0.2) is 0 Å². The van der Waals surface area contributed by atoms with Crippen molar-refractivity contribution in [2.75, 3.05) is 0 Å². The zero-order chi connectivity index (χ0) is 10.4. The van der Waals surface area contributed by atoms with Gasteiger partial charge in [-0.2, -0.15) is 5.48 Å². The van der Waals surface area contributed by atoms with Crippen molar-refractivity contribution in [1.82, 2.24) is 5.48 Å². The molecule has 0 bridgehead atoms. The second kappa shape index (κ2) is 5.94. The number of hydrogen-bond donors (Lipinski definition) is 2. The Bertz CT molecular complexity index is 159. The summed E-state index contributed by atoms with van der Waals surface area (Å²) >= 11 is 0. The van der Waals surface area contributed by atoms with Crippen LogP contribution in [0, 0.1) is 5.92 Å². The van der Waals surface area contributed by atoms with Crippen LogP contribution in [0.25, 0.3) is 0 Å². The zero-order valence-corrected chi connectivity index (χ0v) is 8.70. The van der Waals surface area contributed by atoms with E-state index in [2.05, 4.69) is 5.48 Å². The first kappa shape index (κ1) is 12.4. The fourth-order valence-corrected chi connectivity index (χ4v) is 0.744. The minimum absolute atomic E-state index is 0.0153. The van der Waals surface area contributed by atoms with Gasteiger partial charge in [0, 0.05) is 0 Å². The van der Waals surface area contributed by atoms with Crippen LogP contribution < -0.4 is 5.48 Å². The molecule has 4 heteroatoms. The van der Waals surface area contributed by atoms with E-state index in [9.17, 15) is 4.79 Å². The van der Waals surface area contributed by atoms with Crippen molar-refractivity contribution < 1.29 is 14.7 Å². The molecule has 0 aliphatic rings. The molecular formula is C9H19NO3. The molecule has 0 aromatic carbocycles. The van der Waals surface area contributed by atoms with E-state index < -0.39 is 12.0 Å². The third-order valence-electron chi connectivity index (χ3n) is 1.90. The van der Waals surface area contributed by atoms with Crippen molar-refractivity contribution in [3.8, 4) is 0 Å². The van der Waals surface area contributed by atoms with E-state index in [0.717, 1.165) is 6.42 Å². The van der Waals surface area contributed by atoms with Crippen LogP contribution in [-0.2, 0) is 9.63 Å². The lowest BCUT2D eigenvalue weighted by molar-refractivity contribution is -0.148. The van der Waals surface area contributed by atoms with Crippen LogP contribution in [-0.4, -0.2) is 23.2 Å². The van der Waals surface area contributed by atoms with Crippen molar-refractivity contribution in [2.45, 2.75) is 46.3 Å². The molecule has 0 spiro atoms. The third-order valence-corrected chi connectivity index (χ3v) is 1.90. The Morgan fingerprint density at radius 1 is 1.46 bits per heavy atom. The summed E-state index contributed by atoms with van der Waals surface area (Å²) in [7, 11) is 0. The highest BCUT2D eigenvalue weighted by Gasteiger charge is 2.21. The maximum Gasteiger partial charge on any atom is 0.323 e. The van der Waals surface area contributed by atoms with E-state index in [0.29, 0.717) is 0 Å². The van der Waals surface area contributed by atoms with Gasteiger partial charge < -0.3 is 5.11 Å². The van der Waals surface area contributed by atoms with Gasteiger partial charge in [-0.05, 0) is 19.3 Å². The molecule has 0 rings (SSSR count). The lowest BCUT2D eigenvalue weighted by Crippen LogP contribution is -2.42. The molecule has 0 fully saturated rings. The highest BCUT2D eigenvalue weighted by Crippen LogP contribution is 2.03. The Balaban J connectivity index is 3.90. The molecular weight excluding hydrogens is 170 g/mol. The van der Waals surface area contributed by atoms with Gasteiger partial charge in [0.25, 0.3) is 0 Å². The first-order valence-electron chi connectivity index (χ1n) is 4.63. The molecule has 0 radical (unpaired) electrons. The highest BCUT2D eigenvalue weighted by molar-refractivity contribution is 5.73. The molecule has 0 saturated heterocycles. The van der Waals surface area contributed by atoms with Crippen molar-refractivity contribution in [3.05, 3.63) is 0 Å². The molecule has 0 aromatic heterocycles. The topological polar surface area (TPSA) is 58.6 Å². The maximum absolute atomic E-state index is 10.7. The standard InChI is InChI=1S/C9H19NO3/c1-5-7(4)13-10-8(6(2)3)9(11)12/h6-8,10H,5H2,1-4H3,(H,11,12). The predicted octanol–water partition coefficient (Wildman–Crippen LogP) is 1.42. The Morgan fingerprint density at radius 3 is 2.31 bits per heavy atom. The van der Waals surface area contributed by atoms with Gasteiger partial charge in [0.05, 0.1) is 6.10 Å². The van der Waals surface area contributed by atoms with Crippen LogP contribution in [0.2, 0.25) is 0 Å². The summed E-state index contributed by atoms with van der Waals surface area (Å²) in [4.78, 5) is 15.8. The van der Waals surface area contributed by atoms with Crippen molar-refractivity contribution in [2.24, 2.45) is 5.92 Å². The van der Waals surface area contributed by atoms with Gasteiger partial charge in [-0.25, -0.2) is 0 Å². The quantitative estimate of drug-likeness (QED) is 0.620. The van der Waals surface area contributed by atoms with E-state index in [4.69, 9.17) is 9.94 Å². The third kappa shape index (κ3) is 4.85. The average Bonchev–Trinajstić information content (AvgIpc) is 2.03. The summed E-state index contributed by atoms with van der Waals surface area (Å²) in [6.45, 7) is 7.56. The second-order valence-electron chi connectivity index (χ2n) is 3.51. The predicted molar refractivity (Wildman–Crippen MR) is 50.2 cm³/mol. The van der Waals surface area contributed by atoms with Gasteiger partial charge in [-0.1, -0.05) is 20.8 Å². The molecule has 4 nitrogen and oxygen atoms in total. The average molecular weight is 189 g/mol. The molecule has 0 aliphatic heterocycles. The van der Waals surface area contributed by atoms with Crippen LogP contribution >= 0.6 is 0 Å². The molecule has 0 saturated carbocycles. The maximum atomic E-state index is 10.7. The lowest BCUT2D eigenvalue weighted by atomic mass is 10.1. The molecule has 0 aromatic rings. The monoisotopic (exact) mass is 189 g/mol. The number of carboxylic acids is 1. The van der Waals surface area contributed by atoms with E-state index >= 15 is 0 Å². The lowest BCUT2D eigenvalue weighted by Gasteiger charge is -2.19. The molecule has 13 heavy (non-hydrogen) atoms. The number of aliphatic carboxylic acids is 1. The largest absolute Gasteiger partial charge is 0.480 e. The fraction of sp³-hybridized carbons (Fsp3) is 0.889. The molecule has 0 amide bonds. The SMILES string of the molecule is CCC(C)ONC(C(=O)O)C(C)C. The Morgan fingerprint density at radius 2 is 2.00 bits per heavy atom. The number of rotatable bonds is 6. The van der Waals surface area contributed by atoms with Gasteiger partial charge in [-0.3, -0.25) is 9.63 Å². The molecule has 2 unspecified atom stereocenters. The normalized spacial score (nSPS) is 15.8. The summed E-state index contributed by atoms with van der Waals surface area (Å²) in [5.41, 5.74) is 2.57. The van der Waals surface area contributed by atoms with Crippen molar-refractivity contribution in [1.29, 1.82) is 0 Å². The van der Waals surface area contributed by atoms with Gasteiger partial charge in [0.15, 0.2) is 0 Å². The summed E-state index contributed by atoms with van der Waals surface area (Å²) in [5.74, 6) is -0.861. The minimum Gasteiger partial charge on any atom is -0.480 e. The number of hydroxylamine groups is 1. The van der Waals surface area contributed by atoms with Gasteiger partial charge in [-0.15, -0.1) is 0 Å². The minimum atomic E-state index is -0.877. The number of carboxylic acid groups (broad SMARTS) is 1. The smallest absolute Gasteiger partial charge is 0.323 e. The Kier molecular flexibility index (Phi) is 5.66. The number of nitrogens with one attached hydrogen (secondary N) is 1. The summed E-state index contributed by atoms with van der Waals surface area (Å²) in [6, 6.07) is -0.631. The molecule has 0 heterocycles. The number of carbonyl (C=O) groups is 1. The number of hydrogen-bond acceptors (Lipinski definition) is 3. The van der Waals surface area contributed by atoms with Crippen molar-refractivity contribution >= 4 is 5.97 Å². The van der Waals surface area contributed by atoms with Crippen molar-refractivity contribution in [3.63, 3.8) is 0 Å². The van der Waals surface area contributed by atoms with E-state index in [1.807, 2.05) is 27.7 Å². The summed E-state index contributed by atoms with van der Waals surface area (Å²) in [6.07, 6.45) is 0.901. The Hall–Kier alpha value is -0.610. The van der Waals surface area contributed by atoms with Gasteiger partial charge in [0.1, 0.15) is 6.04 Å². The molecule has 2 atom stereocenters. The van der Waals surface area contributed by atoms with Crippen LogP contribution in [0.5, 0.6) is 0 Å². The first-order valence-corrected chi connectivity index (χ1v) is 4.63. The zero-order valence-electron chi connectivity index (χ0n) is 8.70. The molecule has 78 valence electrons. The summed E-state index contributed by atoms with van der Waals surface area (Å²) < 4.78 is 0. The Labute approximate surface area is 79.2 Å². The summed E-state index contributed by atoms with van der Waals surface area (Å²) in [5, 5.41) is 8.79. The van der Waals surface area contributed by atoms with Gasteiger partial charge in [0.2, 0.25) is 0 Å². The van der Waals surface area contributed by atoms with Gasteiger partial charge >= 0.3 is 5.97 Å². The second-order valence-corrected chi connectivity index (χ2v) is 3.51. The van der Waals surface area contributed by atoms with E-state index in [1.165, 1.54) is 0 Å². The molecule has 0 aliphatic carbocycles. The van der Waals surface area contributed by atoms with E-state index in [1.54, 1.807) is 0 Å². The van der Waals surface area contributed by atoms with Crippen LogP contribution in [0.3, 0.4) is 0 Å². The van der Waals surface area contributed by atoms with E-state index in [-0.39, 0.29) is 12.0 Å². The van der Waals surface area contributed by atoms with Crippen LogP contribution in [0.4, 0.5) is 0 Å². The fourth-order valence-electron chi connectivity index (χ4n) is 0.744.